The van der Waals surface area contributed by atoms with Crippen LogP contribution in [0.15, 0.2) is 53.5 Å². The third-order valence-corrected chi connectivity index (χ3v) is 5.74. The molecule has 0 saturated carbocycles. The van der Waals surface area contributed by atoms with Crippen molar-refractivity contribution in [2.75, 3.05) is 12.8 Å². The van der Waals surface area contributed by atoms with Crippen LogP contribution in [0.2, 0.25) is 0 Å². The van der Waals surface area contributed by atoms with E-state index < -0.39 is 0 Å². The Kier molecular flexibility index (Phi) is 5.31. The average Bonchev–Trinajstić information content (AvgIpc) is 3.09. The number of para-hydroxylation sites is 1. The number of fused-ring (bicyclic) bond motifs is 1. The summed E-state index contributed by atoms with van der Waals surface area (Å²) in [5, 5.41) is 4.42. The topological polar surface area (TPSA) is 87.4 Å². The van der Waals surface area contributed by atoms with Crippen LogP contribution in [0.4, 0.5) is 5.82 Å². The summed E-state index contributed by atoms with van der Waals surface area (Å²) in [4.78, 5) is 17.8. The molecule has 2 heterocycles. The van der Waals surface area contributed by atoms with Crippen LogP contribution in [0.25, 0.3) is 22.6 Å². The van der Waals surface area contributed by atoms with Crippen LogP contribution in [-0.4, -0.2) is 26.3 Å². The van der Waals surface area contributed by atoms with Gasteiger partial charge in [0.05, 0.1) is 18.5 Å². The number of anilines is 1. The zero-order chi connectivity index (χ0) is 24.1. The maximum Gasteiger partial charge on any atom is 0.355 e. The Morgan fingerprint density at radius 1 is 0.939 bits per heavy atom. The fourth-order valence-electron chi connectivity index (χ4n) is 3.99. The first-order chi connectivity index (χ1) is 15.4. The summed E-state index contributed by atoms with van der Waals surface area (Å²) in [6.45, 7) is 12.9. The Morgan fingerprint density at radius 3 is 2.03 bits per heavy atom. The minimum absolute atomic E-state index is 0.161. The third kappa shape index (κ3) is 3.99. The summed E-state index contributed by atoms with van der Waals surface area (Å²) in [6.07, 6.45) is 1.71. The first-order valence-electron chi connectivity index (χ1n) is 11.0. The van der Waals surface area contributed by atoms with Gasteiger partial charge in [0, 0.05) is 22.9 Å². The van der Waals surface area contributed by atoms with Crippen molar-refractivity contribution in [2.45, 2.75) is 52.4 Å². The van der Waals surface area contributed by atoms with Crippen molar-refractivity contribution in [3.8, 4) is 22.7 Å². The number of rotatable bonds is 3. The molecule has 33 heavy (non-hydrogen) atoms. The standard InChI is InChI=1S/C26H31N5O2/c1-25(2,3)18-13-16(14-19(21(18)33-7)26(4,5)6)20-15-30-23(22(27)28-20)29-31(24(30)32)17-11-9-8-10-12-17/h8-15H,1-7H3,(H2,27,28). The van der Waals surface area contributed by atoms with E-state index in [0.717, 1.165) is 22.4 Å². The van der Waals surface area contributed by atoms with Crippen LogP contribution < -0.4 is 16.2 Å². The number of nitrogens with zero attached hydrogens (tertiary/aromatic N) is 4. The van der Waals surface area contributed by atoms with Crippen molar-refractivity contribution in [2.24, 2.45) is 0 Å². The third-order valence-electron chi connectivity index (χ3n) is 5.74. The molecule has 0 aliphatic heterocycles. The highest BCUT2D eigenvalue weighted by molar-refractivity contribution is 5.70. The quantitative estimate of drug-likeness (QED) is 0.492. The summed E-state index contributed by atoms with van der Waals surface area (Å²) in [5.74, 6) is 1.08. The summed E-state index contributed by atoms with van der Waals surface area (Å²) in [6, 6.07) is 13.4. The number of nitrogen functional groups attached to an aromatic ring is 1. The highest BCUT2D eigenvalue weighted by Gasteiger charge is 2.28. The predicted octanol–water partition coefficient (Wildman–Crippen LogP) is 4.73. The molecular weight excluding hydrogens is 414 g/mol. The van der Waals surface area contributed by atoms with E-state index in [9.17, 15) is 4.79 Å². The number of benzene rings is 2. The van der Waals surface area contributed by atoms with Crippen molar-refractivity contribution in [3.63, 3.8) is 0 Å². The molecule has 0 fully saturated rings. The van der Waals surface area contributed by atoms with E-state index in [0.29, 0.717) is 17.0 Å². The lowest BCUT2D eigenvalue weighted by atomic mass is 9.78. The van der Waals surface area contributed by atoms with Gasteiger partial charge in [-0.2, -0.15) is 4.68 Å². The summed E-state index contributed by atoms with van der Waals surface area (Å²) in [5.41, 5.74) is 10.3. The van der Waals surface area contributed by atoms with E-state index in [1.807, 2.05) is 30.3 Å². The highest BCUT2D eigenvalue weighted by Crippen LogP contribution is 2.42. The van der Waals surface area contributed by atoms with Crippen LogP contribution >= 0.6 is 0 Å². The van der Waals surface area contributed by atoms with Crippen molar-refractivity contribution in [1.29, 1.82) is 0 Å². The van der Waals surface area contributed by atoms with Gasteiger partial charge in [-0.25, -0.2) is 14.2 Å². The lowest BCUT2D eigenvalue weighted by Crippen LogP contribution is -2.20. The van der Waals surface area contributed by atoms with Crippen LogP contribution in [0.5, 0.6) is 5.75 Å². The molecule has 4 aromatic rings. The largest absolute Gasteiger partial charge is 0.496 e. The normalized spacial score (nSPS) is 12.3. The van der Waals surface area contributed by atoms with Gasteiger partial charge >= 0.3 is 5.69 Å². The van der Waals surface area contributed by atoms with Crippen LogP contribution in [0.1, 0.15) is 52.7 Å². The Morgan fingerprint density at radius 2 is 1.52 bits per heavy atom. The monoisotopic (exact) mass is 445 g/mol. The summed E-state index contributed by atoms with van der Waals surface area (Å²) in [7, 11) is 1.71. The van der Waals surface area contributed by atoms with Crippen molar-refractivity contribution >= 4 is 11.5 Å². The first-order valence-corrected chi connectivity index (χ1v) is 11.0. The van der Waals surface area contributed by atoms with Gasteiger partial charge in [-0.1, -0.05) is 59.7 Å². The average molecular weight is 446 g/mol. The molecule has 7 nitrogen and oxygen atoms in total. The van der Waals surface area contributed by atoms with Gasteiger partial charge in [0.25, 0.3) is 0 Å². The second kappa shape index (κ2) is 7.76. The Bertz CT molecular complexity index is 1350. The second-order valence-corrected chi connectivity index (χ2v) is 10.3. The molecule has 2 aromatic carbocycles. The number of hydrogen-bond donors (Lipinski definition) is 1. The lowest BCUT2D eigenvalue weighted by Gasteiger charge is -2.30. The molecular formula is C26H31N5O2. The number of methoxy groups -OCH3 is 1. The van der Waals surface area contributed by atoms with E-state index in [4.69, 9.17) is 10.5 Å². The Labute approximate surface area is 193 Å². The van der Waals surface area contributed by atoms with E-state index >= 15 is 0 Å². The molecule has 2 N–H and O–H groups in total. The molecule has 0 saturated heterocycles. The number of hydrogen-bond acceptors (Lipinski definition) is 5. The maximum atomic E-state index is 13.2. The maximum absolute atomic E-state index is 13.2. The van der Waals surface area contributed by atoms with Crippen molar-refractivity contribution in [3.05, 3.63) is 70.3 Å². The van der Waals surface area contributed by atoms with Crippen LogP contribution in [-0.2, 0) is 10.8 Å². The van der Waals surface area contributed by atoms with Gasteiger partial charge in [0.2, 0.25) is 5.65 Å². The van der Waals surface area contributed by atoms with Gasteiger partial charge in [-0.3, -0.25) is 0 Å². The van der Waals surface area contributed by atoms with Crippen molar-refractivity contribution in [1.82, 2.24) is 19.2 Å². The molecule has 0 aliphatic carbocycles. The van der Waals surface area contributed by atoms with Crippen LogP contribution in [0.3, 0.4) is 0 Å². The molecule has 0 spiro atoms. The van der Waals surface area contributed by atoms with Crippen molar-refractivity contribution < 1.29 is 4.74 Å². The van der Waals surface area contributed by atoms with Gasteiger partial charge in [-0.05, 0) is 35.1 Å². The molecule has 0 bridgehead atoms. The van der Waals surface area contributed by atoms with E-state index in [2.05, 4.69) is 63.8 Å². The Hall–Kier alpha value is -3.61. The van der Waals surface area contributed by atoms with Gasteiger partial charge in [-0.15, -0.1) is 5.10 Å². The molecule has 0 radical (unpaired) electrons. The van der Waals surface area contributed by atoms with Crippen LogP contribution in [0, 0.1) is 0 Å². The minimum atomic E-state index is -0.299. The zero-order valence-corrected chi connectivity index (χ0v) is 20.3. The molecule has 0 aliphatic rings. The zero-order valence-electron chi connectivity index (χ0n) is 20.3. The lowest BCUT2D eigenvalue weighted by molar-refractivity contribution is 0.381. The summed E-state index contributed by atoms with van der Waals surface area (Å²) >= 11 is 0. The number of aromatic nitrogens is 4. The fraction of sp³-hybridized carbons (Fsp3) is 0.346. The SMILES string of the molecule is COc1c(C(C)(C)C)cc(-c2cn3c(=O)n(-c4ccccc4)nc3c(N)n2)cc1C(C)(C)C. The Balaban J connectivity index is 1.99. The van der Waals surface area contributed by atoms with E-state index in [-0.39, 0.29) is 22.3 Å². The fourth-order valence-corrected chi connectivity index (χ4v) is 3.99. The van der Waals surface area contributed by atoms with E-state index in [1.54, 1.807) is 13.3 Å². The smallest absolute Gasteiger partial charge is 0.355 e. The summed E-state index contributed by atoms with van der Waals surface area (Å²) < 4.78 is 8.67. The number of ether oxygens (including phenoxy) is 1. The molecule has 4 rings (SSSR count). The second-order valence-electron chi connectivity index (χ2n) is 10.3. The van der Waals surface area contributed by atoms with Gasteiger partial charge in [0.15, 0.2) is 5.82 Å². The predicted molar refractivity (Wildman–Crippen MR) is 132 cm³/mol. The first kappa shape index (κ1) is 22.6. The van der Waals surface area contributed by atoms with E-state index in [1.165, 1.54) is 9.08 Å². The molecule has 0 amide bonds. The molecule has 172 valence electrons. The molecule has 2 aromatic heterocycles. The number of nitrogens with two attached hydrogens (primary N) is 1. The van der Waals surface area contributed by atoms with Gasteiger partial charge < -0.3 is 10.5 Å². The molecule has 7 heteroatoms. The highest BCUT2D eigenvalue weighted by atomic mass is 16.5. The minimum Gasteiger partial charge on any atom is -0.496 e. The molecule has 0 unspecified atom stereocenters. The molecule has 0 atom stereocenters. The van der Waals surface area contributed by atoms with Gasteiger partial charge in [0.1, 0.15) is 5.75 Å².